The van der Waals surface area contributed by atoms with Crippen LogP contribution in [0.15, 0.2) is 27.6 Å². The number of thioether (sulfide) groups is 1. The van der Waals surface area contributed by atoms with Gasteiger partial charge in [-0.1, -0.05) is 13.0 Å². The van der Waals surface area contributed by atoms with Crippen LogP contribution in [0.25, 0.3) is 0 Å². The summed E-state index contributed by atoms with van der Waals surface area (Å²) in [7, 11) is 0. The van der Waals surface area contributed by atoms with Crippen LogP contribution in [0.4, 0.5) is 13.2 Å². The fourth-order valence-electron chi connectivity index (χ4n) is 0.997. The Morgan fingerprint density at radius 2 is 2.00 bits per heavy atom. The summed E-state index contributed by atoms with van der Waals surface area (Å²) in [5, 5.41) is 0. The van der Waals surface area contributed by atoms with E-state index in [-0.39, 0.29) is 4.47 Å². The number of halogens is 4. The van der Waals surface area contributed by atoms with E-state index >= 15 is 0 Å². The summed E-state index contributed by atoms with van der Waals surface area (Å²) in [6.45, 7) is 1.90. The molecule has 1 aromatic carbocycles. The van der Waals surface area contributed by atoms with Gasteiger partial charge in [-0.25, -0.2) is 0 Å². The first kappa shape index (κ1) is 11.9. The van der Waals surface area contributed by atoms with E-state index in [1.54, 1.807) is 6.07 Å². The monoisotopic (exact) mass is 284 g/mol. The van der Waals surface area contributed by atoms with E-state index in [0.29, 0.717) is 4.90 Å². The fourth-order valence-corrected chi connectivity index (χ4v) is 2.55. The lowest BCUT2D eigenvalue weighted by atomic mass is 10.2. The minimum atomic E-state index is -4.29. The molecule has 0 saturated carbocycles. The van der Waals surface area contributed by atoms with Crippen molar-refractivity contribution in [1.82, 2.24) is 0 Å². The largest absolute Gasteiger partial charge is 0.417 e. The summed E-state index contributed by atoms with van der Waals surface area (Å²) in [6.07, 6.45) is -4.29. The highest BCUT2D eigenvalue weighted by Gasteiger charge is 2.33. The van der Waals surface area contributed by atoms with E-state index in [2.05, 4.69) is 15.9 Å². The van der Waals surface area contributed by atoms with Crippen molar-refractivity contribution in [2.45, 2.75) is 18.0 Å². The predicted molar refractivity (Wildman–Crippen MR) is 55.5 cm³/mol. The molecular formula is C9H8BrF3S. The summed E-state index contributed by atoms with van der Waals surface area (Å²) in [6, 6.07) is 4.17. The smallest absolute Gasteiger partial charge is 0.166 e. The molecule has 0 saturated heterocycles. The second-order valence-electron chi connectivity index (χ2n) is 2.55. The number of hydrogen-bond acceptors (Lipinski definition) is 1. The molecule has 78 valence electrons. The second-order valence-corrected chi connectivity index (χ2v) is 4.65. The zero-order chi connectivity index (χ0) is 10.8. The lowest BCUT2D eigenvalue weighted by Crippen LogP contribution is -2.06. The number of rotatable bonds is 2. The quantitative estimate of drug-likeness (QED) is 0.717. The Hall–Kier alpha value is -0.160. The van der Waals surface area contributed by atoms with Gasteiger partial charge in [-0.05, 0) is 33.8 Å². The van der Waals surface area contributed by atoms with Gasteiger partial charge in [0.25, 0.3) is 0 Å². The van der Waals surface area contributed by atoms with Crippen LogP contribution < -0.4 is 0 Å². The van der Waals surface area contributed by atoms with Crippen molar-refractivity contribution < 1.29 is 13.2 Å². The van der Waals surface area contributed by atoms with Crippen LogP contribution in [0.3, 0.4) is 0 Å². The summed E-state index contributed by atoms with van der Waals surface area (Å²) in [5.74, 6) is 0.750. The molecule has 0 N–H and O–H groups in total. The van der Waals surface area contributed by atoms with Crippen molar-refractivity contribution in [2.24, 2.45) is 0 Å². The molecule has 0 heterocycles. The van der Waals surface area contributed by atoms with Gasteiger partial charge in [0.15, 0.2) is 0 Å². The molecule has 0 atom stereocenters. The van der Waals surface area contributed by atoms with Crippen molar-refractivity contribution in [3.63, 3.8) is 0 Å². The Kier molecular flexibility index (Phi) is 3.89. The zero-order valence-electron chi connectivity index (χ0n) is 7.36. The van der Waals surface area contributed by atoms with Crippen LogP contribution in [0.2, 0.25) is 0 Å². The topological polar surface area (TPSA) is 0 Å². The zero-order valence-corrected chi connectivity index (χ0v) is 9.76. The lowest BCUT2D eigenvalue weighted by Gasteiger charge is -2.11. The van der Waals surface area contributed by atoms with Gasteiger partial charge in [-0.15, -0.1) is 11.8 Å². The maximum atomic E-state index is 12.4. The van der Waals surface area contributed by atoms with E-state index in [4.69, 9.17) is 0 Å². The molecule has 0 radical (unpaired) electrons. The minimum Gasteiger partial charge on any atom is -0.166 e. The third-order valence-corrected chi connectivity index (χ3v) is 3.63. The number of alkyl halides is 3. The highest BCUT2D eigenvalue weighted by molar-refractivity contribution is 9.10. The maximum Gasteiger partial charge on any atom is 0.417 e. The molecule has 0 fully saturated rings. The summed E-state index contributed by atoms with van der Waals surface area (Å²) in [5.41, 5.74) is -0.615. The molecule has 0 amide bonds. The summed E-state index contributed by atoms with van der Waals surface area (Å²) >= 11 is 4.36. The van der Waals surface area contributed by atoms with Crippen LogP contribution in [0, 0.1) is 0 Å². The van der Waals surface area contributed by atoms with Crippen molar-refractivity contribution in [3.05, 3.63) is 28.2 Å². The molecule has 1 aromatic rings. The molecule has 0 aromatic heterocycles. The predicted octanol–water partition coefficient (Wildman–Crippen LogP) is 4.58. The van der Waals surface area contributed by atoms with E-state index < -0.39 is 11.7 Å². The van der Waals surface area contributed by atoms with Crippen molar-refractivity contribution in [3.8, 4) is 0 Å². The van der Waals surface area contributed by atoms with Gasteiger partial charge in [0.1, 0.15) is 0 Å². The van der Waals surface area contributed by atoms with Crippen LogP contribution in [0.5, 0.6) is 0 Å². The molecular weight excluding hydrogens is 277 g/mol. The molecule has 0 nitrogen and oxygen atoms in total. The lowest BCUT2D eigenvalue weighted by molar-refractivity contribution is -0.138. The standard InChI is InChI=1S/C9H8BrF3S/c1-2-14-7-5-3-4-6(8(7)10)9(11,12)13/h3-5H,2H2,1H3. The Morgan fingerprint density at radius 3 is 2.50 bits per heavy atom. The first-order valence-electron chi connectivity index (χ1n) is 3.95. The normalized spacial score (nSPS) is 11.8. The van der Waals surface area contributed by atoms with Gasteiger partial charge >= 0.3 is 6.18 Å². The van der Waals surface area contributed by atoms with Gasteiger partial charge in [0.2, 0.25) is 0 Å². The maximum absolute atomic E-state index is 12.4. The molecule has 5 heteroatoms. The highest BCUT2D eigenvalue weighted by Crippen LogP contribution is 2.39. The van der Waals surface area contributed by atoms with Crippen LogP contribution in [0.1, 0.15) is 12.5 Å². The number of hydrogen-bond donors (Lipinski definition) is 0. The van der Waals surface area contributed by atoms with E-state index in [1.165, 1.54) is 17.8 Å². The second kappa shape index (κ2) is 4.57. The Labute approximate surface area is 93.0 Å². The van der Waals surface area contributed by atoms with Gasteiger partial charge in [0.05, 0.1) is 5.56 Å². The van der Waals surface area contributed by atoms with Gasteiger partial charge in [0, 0.05) is 9.37 Å². The van der Waals surface area contributed by atoms with E-state index in [0.717, 1.165) is 11.8 Å². The summed E-state index contributed by atoms with van der Waals surface area (Å²) < 4.78 is 37.4. The van der Waals surface area contributed by atoms with Crippen molar-refractivity contribution in [1.29, 1.82) is 0 Å². The van der Waals surface area contributed by atoms with E-state index in [9.17, 15) is 13.2 Å². The third-order valence-electron chi connectivity index (χ3n) is 1.57. The molecule has 0 aliphatic carbocycles. The molecule has 0 bridgehead atoms. The molecule has 14 heavy (non-hydrogen) atoms. The summed E-state index contributed by atoms with van der Waals surface area (Å²) in [4.78, 5) is 0.627. The van der Waals surface area contributed by atoms with Gasteiger partial charge in [-0.2, -0.15) is 13.2 Å². The van der Waals surface area contributed by atoms with E-state index in [1.807, 2.05) is 6.92 Å². The minimum absolute atomic E-state index is 0.138. The molecule has 0 unspecified atom stereocenters. The Morgan fingerprint density at radius 1 is 1.36 bits per heavy atom. The van der Waals surface area contributed by atoms with Crippen LogP contribution in [-0.2, 0) is 6.18 Å². The SMILES string of the molecule is CCSc1cccc(C(F)(F)F)c1Br. The highest BCUT2D eigenvalue weighted by atomic mass is 79.9. The number of benzene rings is 1. The molecule has 0 aliphatic rings. The van der Waals surface area contributed by atoms with Crippen LogP contribution in [-0.4, -0.2) is 5.75 Å². The average Bonchev–Trinajstić information content (AvgIpc) is 2.07. The molecule has 0 spiro atoms. The first-order chi connectivity index (χ1) is 6.46. The van der Waals surface area contributed by atoms with Gasteiger partial charge in [-0.3, -0.25) is 0 Å². The van der Waals surface area contributed by atoms with Gasteiger partial charge < -0.3 is 0 Å². The third kappa shape index (κ3) is 2.67. The molecule has 0 aliphatic heterocycles. The van der Waals surface area contributed by atoms with Crippen LogP contribution >= 0.6 is 27.7 Å². The average molecular weight is 285 g/mol. The van der Waals surface area contributed by atoms with Crippen molar-refractivity contribution >= 4 is 27.7 Å². The first-order valence-corrected chi connectivity index (χ1v) is 5.73. The Balaban J connectivity index is 3.14. The fraction of sp³-hybridized carbons (Fsp3) is 0.333. The van der Waals surface area contributed by atoms with Crippen molar-refractivity contribution in [2.75, 3.05) is 5.75 Å². The Bertz CT molecular complexity index is 322. The molecule has 1 rings (SSSR count).